The predicted molar refractivity (Wildman–Crippen MR) is 48.5 cm³/mol. The molecular weight excluding hydrogens is 174 g/mol. The van der Waals surface area contributed by atoms with Crippen LogP contribution in [0.5, 0.6) is 5.75 Å². The fraction of sp³-hybridized carbons (Fsp3) is 0.333. The Balaban J connectivity index is 2.52. The summed E-state index contributed by atoms with van der Waals surface area (Å²) in [5, 5.41) is 0.655. The Labute approximate surface area is 76.3 Å². The van der Waals surface area contributed by atoms with Crippen LogP contribution in [-0.2, 0) is 0 Å². The van der Waals surface area contributed by atoms with Crippen LogP contribution in [0.4, 0.5) is 0 Å². The molecule has 64 valence electrons. The Morgan fingerprint density at radius 2 is 2.33 bits per heavy atom. The van der Waals surface area contributed by atoms with E-state index < -0.39 is 0 Å². The van der Waals surface area contributed by atoms with Gasteiger partial charge in [0.25, 0.3) is 0 Å². The van der Waals surface area contributed by atoms with Gasteiger partial charge in [-0.3, -0.25) is 0 Å². The maximum atomic E-state index is 5.93. The van der Waals surface area contributed by atoms with Crippen molar-refractivity contribution in [1.29, 1.82) is 0 Å². The Kier molecular flexibility index (Phi) is 1.95. The zero-order valence-electron chi connectivity index (χ0n) is 6.59. The monoisotopic (exact) mass is 183 g/mol. The molecule has 1 unspecified atom stereocenters. The summed E-state index contributed by atoms with van der Waals surface area (Å²) in [6.07, 6.45) is 0.868. The van der Waals surface area contributed by atoms with Crippen LogP contribution in [0.25, 0.3) is 0 Å². The van der Waals surface area contributed by atoms with Crippen LogP contribution < -0.4 is 10.5 Å². The normalized spacial score (nSPS) is 21.3. The standard InChI is InChI=1S/C9H10ClNO/c10-7-3-1-2-6-8(11)4-5-12-9(6)7/h1-3,8H,4-5,11H2. The molecule has 2 rings (SSSR count). The molecule has 0 spiro atoms. The van der Waals surface area contributed by atoms with Crippen molar-refractivity contribution in [2.24, 2.45) is 5.73 Å². The lowest BCUT2D eigenvalue weighted by molar-refractivity contribution is 0.269. The average molecular weight is 184 g/mol. The highest BCUT2D eigenvalue weighted by Gasteiger charge is 2.19. The second-order valence-corrected chi connectivity index (χ2v) is 3.31. The van der Waals surface area contributed by atoms with Crippen LogP contribution in [0, 0.1) is 0 Å². The zero-order valence-corrected chi connectivity index (χ0v) is 7.34. The van der Waals surface area contributed by atoms with Crippen LogP contribution in [0.3, 0.4) is 0 Å². The fourth-order valence-corrected chi connectivity index (χ4v) is 1.65. The third-order valence-corrected chi connectivity index (χ3v) is 2.37. The predicted octanol–water partition coefficient (Wildman–Crippen LogP) is 2.12. The number of para-hydroxylation sites is 1. The molecule has 1 atom stereocenters. The number of ether oxygens (including phenoxy) is 1. The highest BCUT2D eigenvalue weighted by Crippen LogP contribution is 2.36. The fourth-order valence-electron chi connectivity index (χ4n) is 1.41. The van der Waals surface area contributed by atoms with Crippen molar-refractivity contribution in [3.8, 4) is 5.75 Å². The molecule has 1 aromatic rings. The van der Waals surface area contributed by atoms with Gasteiger partial charge in [-0.25, -0.2) is 0 Å². The van der Waals surface area contributed by atoms with Gasteiger partial charge in [0.05, 0.1) is 11.6 Å². The van der Waals surface area contributed by atoms with Crippen molar-refractivity contribution >= 4 is 11.6 Å². The minimum absolute atomic E-state index is 0.0763. The Morgan fingerprint density at radius 3 is 3.08 bits per heavy atom. The highest BCUT2D eigenvalue weighted by atomic mass is 35.5. The van der Waals surface area contributed by atoms with Crippen molar-refractivity contribution in [3.63, 3.8) is 0 Å². The van der Waals surface area contributed by atoms with Gasteiger partial charge in [-0.1, -0.05) is 23.7 Å². The first-order valence-corrected chi connectivity index (χ1v) is 4.33. The van der Waals surface area contributed by atoms with Gasteiger partial charge >= 0.3 is 0 Å². The smallest absolute Gasteiger partial charge is 0.142 e. The van der Waals surface area contributed by atoms with Gasteiger partial charge < -0.3 is 10.5 Å². The topological polar surface area (TPSA) is 35.2 Å². The summed E-state index contributed by atoms with van der Waals surface area (Å²) in [7, 11) is 0. The van der Waals surface area contributed by atoms with Gasteiger partial charge in [0.1, 0.15) is 5.75 Å². The van der Waals surface area contributed by atoms with Gasteiger partial charge in [-0.2, -0.15) is 0 Å². The summed E-state index contributed by atoms with van der Waals surface area (Å²) < 4.78 is 5.41. The van der Waals surface area contributed by atoms with Gasteiger partial charge in [-0.05, 0) is 6.07 Å². The van der Waals surface area contributed by atoms with Crippen LogP contribution in [0.2, 0.25) is 5.02 Å². The van der Waals surface area contributed by atoms with Crippen LogP contribution in [0.15, 0.2) is 18.2 Å². The molecular formula is C9H10ClNO. The van der Waals surface area contributed by atoms with Gasteiger partial charge in [0, 0.05) is 18.0 Å². The molecule has 0 saturated heterocycles. The molecule has 0 fully saturated rings. The maximum Gasteiger partial charge on any atom is 0.142 e. The van der Waals surface area contributed by atoms with Gasteiger partial charge in [0.2, 0.25) is 0 Å². The minimum atomic E-state index is 0.0763. The number of rotatable bonds is 0. The Hall–Kier alpha value is -0.730. The first-order valence-electron chi connectivity index (χ1n) is 3.96. The molecule has 2 N–H and O–H groups in total. The van der Waals surface area contributed by atoms with E-state index in [0.29, 0.717) is 11.6 Å². The molecule has 2 nitrogen and oxygen atoms in total. The number of halogens is 1. The third-order valence-electron chi connectivity index (χ3n) is 2.07. The van der Waals surface area contributed by atoms with E-state index in [1.807, 2.05) is 18.2 Å². The lowest BCUT2D eigenvalue weighted by Gasteiger charge is -2.23. The Bertz CT molecular complexity index is 301. The molecule has 0 radical (unpaired) electrons. The van der Waals surface area contributed by atoms with E-state index >= 15 is 0 Å². The van der Waals surface area contributed by atoms with E-state index in [4.69, 9.17) is 22.1 Å². The quantitative estimate of drug-likeness (QED) is 0.669. The molecule has 3 heteroatoms. The van der Waals surface area contributed by atoms with Crippen molar-refractivity contribution in [2.75, 3.05) is 6.61 Å². The van der Waals surface area contributed by atoms with E-state index in [2.05, 4.69) is 0 Å². The summed E-state index contributed by atoms with van der Waals surface area (Å²) in [5.41, 5.74) is 6.90. The average Bonchev–Trinajstić information content (AvgIpc) is 2.07. The number of hydrogen-bond donors (Lipinski definition) is 1. The van der Waals surface area contributed by atoms with Gasteiger partial charge in [-0.15, -0.1) is 0 Å². The SMILES string of the molecule is NC1CCOc2c(Cl)cccc21. The summed E-state index contributed by atoms with van der Waals surface area (Å²) in [5.74, 6) is 0.762. The molecule has 0 amide bonds. The number of fused-ring (bicyclic) bond motifs is 1. The largest absolute Gasteiger partial charge is 0.492 e. The maximum absolute atomic E-state index is 5.93. The third kappa shape index (κ3) is 1.17. The molecule has 12 heavy (non-hydrogen) atoms. The van der Waals surface area contributed by atoms with Crippen molar-refractivity contribution in [2.45, 2.75) is 12.5 Å². The summed E-state index contributed by atoms with van der Waals surface area (Å²) in [6, 6.07) is 5.76. The van der Waals surface area contributed by atoms with E-state index in [9.17, 15) is 0 Å². The van der Waals surface area contributed by atoms with E-state index in [1.165, 1.54) is 0 Å². The highest BCUT2D eigenvalue weighted by molar-refractivity contribution is 6.32. The van der Waals surface area contributed by atoms with Crippen molar-refractivity contribution in [1.82, 2.24) is 0 Å². The molecule has 0 aliphatic carbocycles. The molecule has 0 aromatic heterocycles. The van der Waals surface area contributed by atoms with Crippen LogP contribution in [0.1, 0.15) is 18.0 Å². The summed E-state index contributed by atoms with van der Waals surface area (Å²) in [6.45, 7) is 0.665. The second kappa shape index (κ2) is 2.96. The summed E-state index contributed by atoms with van der Waals surface area (Å²) in [4.78, 5) is 0. The van der Waals surface area contributed by atoms with E-state index in [0.717, 1.165) is 17.7 Å². The van der Waals surface area contributed by atoms with Gasteiger partial charge in [0.15, 0.2) is 0 Å². The minimum Gasteiger partial charge on any atom is -0.492 e. The number of benzene rings is 1. The van der Waals surface area contributed by atoms with Crippen LogP contribution in [-0.4, -0.2) is 6.61 Å². The first-order chi connectivity index (χ1) is 5.79. The van der Waals surface area contributed by atoms with Crippen molar-refractivity contribution in [3.05, 3.63) is 28.8 Å². The van der Waals surface area contributed by atoms with Crippen molar-refractivity contribution < 1.29 is 4.74 Å². The molecule has 1 aliphatic rings. The summed E-state index contributed by atoms with van der Waals surface area (Å²) >= 11 is 5.93. The number of nitrogens with two attached hydrogens (primary N) is 1. The lowest BCUT2D eigenvalue weighted by Crippen LogP contribution is -2.20. The van der Waals surface area contributed by atoms with Crippen LogP contribution >= 0.6 is 11.6 Å². The first kappa shape index (κ1) is 7.90. The molecule has 0 bridgehead atoms. The molecule has 1 heterocycles. The molecule has 0 saturated carbocycles. The van der Waals surface area contributed by atoms with E-state index in [-0.39, 0.29) is 6.04 Å². The second-order valence-electron chi connectivity index (χ2n) is 2.90. The van der Waals surface area contributed by atoms with E-state index in [1.54, 1.807) is 0 Å². The molecule has 1 aliphatic heterocycles. The molecule has 1 aromatic carbocycles. The zero-order chi connectivity index (χ0) is 8.55. The lowest BCUT2D eigenvalue weighted by atomic mass is 10.0. The number of hydrogen-bond acceptors (Lipinski definition) is 2. The Morgan fingerprint density at radius 1 is 1.50 bits per heavy atom.